The summed E-state index contributed by atoms with van der Waals surface area (Å²) in [6.07, 6.45) is 5.40. The van der Waals surface area contributed by atoms with Gasteiger partial charge in [-0.3, -0.25) is 0 Å². The lowest BCUT2D eigenvalue weighted by Crippen LogP contribution is -2.29. The lowest BCUT2D eigenvalue weighted by atomic mass is 10.1. The van der Waals surface area contributed by atoms with E-state index in [1.165, 1.54) is 35.8 Å². The molecule has 1 aromatic carbocycles. The first-order valence-electron chi connectivity index (χ1n) is 6.22. The van der Waals surface area contributed by atoms with Crippen LogP contribution in [-0.2, 0) is 6.42 Å². The molecule has 0 aromatic heterocycles. The second kappa shape index (κ2) is 5.83. The van der Waals surface area contributed by atoms with E-state index in [0.29, 0.717) is 6.04 Å². The van der Waals surface area contributed by atoms with E-state index in [0.717, 1.165) is 12.3 Å². The van der Waals surface area contributed by atoms with Crippen LogP contribution in [0.15, 0.2) is 28.7 Å². The maximum atomic E-state index is 3.61. The molecule has 1 fully saturated rings. The number of rotatable bonds is 6. The Morgan fingerprint density at radius 1 is 1.44 bits per heavy atom. The Kier molecular flexibility index (Phi) is 4.42. The number of hydrogen-bond donors (Lipinski definition) is 1. The predicted molar refractivity (Wildman–Crippen MR) is 72.7 cm³/mol. The average molecular weight is 282 g/mol. The van der Waals surface area contributed by atoms with E-state index in [9.17, 15) is 0 Å². The highest BCUT2D eigenvalue weighted by Crippen LogP contribution is 2.31. The van der Waals surface area contributed by atoms with E-state index in [1.54, 1.807) is 0 Å². The molecule has 0 radical (unpaired) electrons. The van der Waals surface area contributed by atoms with Crippen LogP contribution in [0.25, 0.3) is 0 Å². The van der Waals surface area contributed by atoms with E-state index in [-0.39, 0.29) is 0 Å². The van der Waals surface area contributed by atoms with Gasteiger partial charge in [-0.25, -0.2) is 0 Å². The van der Waals surface area contributed by atoms with Crippen LogP contribution < -0.4 is 5.32 Å². The van der Waals surface area contributed by atoms with Crippen molar-refractivity contribution >= 4 is 15.9 Å². The highest BCUT2D eigenvalue weighted by atomic mass is 79.9. The van der Waals surface area contributed by atoms with Gasteiger partial charge in [0.25, 0.3) is 0 Å². The molecule has 0 heterocycles. The second-order valence-corrected chi connectivity index (χ2v) is 5.84. The average Bonchev–Trinajstić information content (AvgIpc) is 3.01. The molecule has 1 aliphatic carbocycles. The van der Waals surface area contributed by atoms with Gasteiger partial charge in [0.1, 0.15) is 0 Å². The lowest BCUT2D eigenvalue weighted by Gasteiger charge is -2.13. The normalized spacial score (nSPS) is 17.4. The summed E-state index contributed by atoms with van der Waals surface area (Å²) in [5.41, 5.74) is 1.40. The summed E-state index contributed by atoms with van der Waals surface area (Å²) in [6.45, 7) is 3.45. The zero-order valence-electron chi connectivity index (χ0n) is 9.88. The zero-order valence-corrected chi connectivity index (χ0v) is 11.5. The summed E-state index contributed by atoms with van der Waals surface area (Å²) < 4.78 is 1.18. The monoisotopic (exact) mass is 281 g/mol. The van der Waals surface area contributed by atoms with Crippen molar-refractivity contribution in [2.45, 2.75) is 38.6 Å². The topological polar surface area (TPSA) is 12.0 Å². The minimum atomic E-state index is 0.577. The SMILES string of the molecule is CC(Cc1cccc(Br)c1)NCCC1CC1. The maximum Gasteiger partial charge on any atom is 0.0178 e. The molecular formula is C14H20BrN. The van der Waals surface area contributed by atoms with Crippen LogP contribution in [0.1, 0.15) is 31.7 Å². The van der Waals surface area contributed by atoms with Gasteiger partial charge in [-0.2, -0.15) is 0 Å². The maximum absolute atomic E-state index is 3.61. The standard InChI is InChI=1S/C14H20BrN/c1-11(16-8-7-12-5-6-12)9-13-3-2-4-14(15)10-13/h2-4,10-12,16H,5-9H2,1H3. The van der Waals surface area contributed by atoms with Gasteiger partial charge in [0.2, 0.25) is 0 Å². The molecule has 0 spiro atoms. The number of halogens is 1. The van der Waals surface area contributed by atoms with Crippen LogP contribution in [0.5, 0.6) is 0 Å². The molecule has 2 rings (SSSR count). The molecule has 0 bridgehead atoms. The molecule has 0 aliphatic heterocycles. The van der Waals surface area contributed by atoms with E-state index in [4.69, 9.17) is 0 Å². The molecule has 1 N–H and O–H groups in total. The fraction of sp³-hybridized carbons (Fsp3) is 0.571. The smallest absolute Gasteiger partial charge is 0.0178 e. The Morgan fingerprint density at radius 2 is 2.25 bits per heavy atom. The summed E-state index contributed by atoms with van der Waals surface area (Å²) in [5.74, 6) is 1.03. The van der Waals surface area contributed by atoms with Crippen molar-refractivity contribution in [2.75, 3.05) is 6.54 Å². The summed E-state index contributed by atoms with van der Waals surface area (Å²) in [5, 5.41) is 3.61. The molecule has 1 atom stereocenters. The van der Waals surface area contributed by atoms with E-state index < -0.39 is 0 Å². The van der Waals surface area contributed by atoms with Crippen LogP contribution in [0.3, 0.4) is 0 Å². The minimum Gasteiger partial charge on any atom is -0.314 e. The van der Waals surface area contributed by atoms with Crippen LogP contribution >= 0.6 is 15.9 Å². The Morgan fingerprint density at radius 3 is 2.94 bits per heavy atom. The van der Waals surface area contributed by atoms with Gasteiger partial charge in [-0.05, 0) is 49.9 Å². The van der Waals surface area contributed by atoms with Gasteiger partial charge < -0.3 is 5.32 Å². The molecule has 1 aromatic rings. The molecule has 1 unspecified atom stereocenters. The highest BCUT2D eigenvalue weighted by molar-refractivity contribution is 9.10. The van der Waals surface area contributed by atoms with Crippen molar-refractivity contribution in [1.82, 2.24) is 5.32 Å². The zero-order chi connectivity index (χ0) is 11.4. The van der Waals surface area contributed by atoms with E-state index >= 15 is 0 Å². The Hall–Kier alpha value is -0.340. The largest absolute Gasteiger partial charge is 0.314 e. The highest BCUT2D eigenvalue weighted by Gasteiger charge is 2.20. The first-order chi connectivity index (χ1) is 7.74. The third-order valence-corrected chi connectivity index (χ3v) is 3.67. The van der Waals surface area contributed by atoms with Crippen molar-refractivity contribution in [3.63, 3.8) is 0 Å². The van der Waals surface area contributed by atoms with Crippen molar-refractivity contribution in [3.8, 4) is 0 Å². The summed E-state index contributed by atoms with van der Waals surface area (Å²) in [6, 6.07) is 9.17. The van der Waals surface area contributed by atoms with Crippen molar-refractivity contribution in [3.05, 3.63) is 34.3 Å². The van der Waals surface area contributed by atoms with Crippen LogP contribution in [-0.4, -0.2) is 12.6 Å². The van der Waals surface area contributed by atoms with Crippen LogP contribution in [0, 0.1) is 5.92 Å². The fourth-order valence-corrected chi connectivity index (χ4v) is 2.48. The second-order valence-electron chi connectivity index (χ2n) is 4.92. The molecule has 16 heavy (non-hydrogen) atoms. The minimum absolute atomic E-state index is 0.577. The van der Waals surface area contributed by atoms with Gasteiger partial charge >= 0.3 is 0 Å². The third-order valence-electron chi connectivity index (χ3n) is 3.17. The van der Waals surface area contributed by atoms with Gasteiger partial charge in [0.15, 0.2) is 0 Å². The fourth-order valence-electron chi connectivity index (χ4n) is 2.03. The Balaban J connectivity index is 1.70. The molecule has 2 heteroatoms. The van der Waals surface area contributed by atoms with Crippen molar-refractivity contribution in [1.29, 1.82) is 0 Å². The van der Waals surface area contributed by atoms with E-state index in [1.807, 2.05) is 0 Å². The summed E-state index contributed by atoms with van der Waals surface area (Å²) >= 11 is 3.51. The Labute approximate surface area is 107 Å². The van der Waals surface area contributed by atoms with Crippen molar-refractivity contribution < 1.29 is 0 Å². The first kappa shape index (κ1) is 12.1. The Bertz CT molecular complexity index is 333. The quantitative estimate of drug-likeness (QED) is 0.837. The lowest BCUT2D eigenvalue weighted by molar-refractivity contribution is 0.519. The molecular weight excluding hydrogens is 262 g/mol. The number of nitrogens with one attached hydrogen (secondary N) is 1. The predicted octanol–water partition coefficient (Wildman–Crippen LogP) is 3.77. The molecule has 1 aliphatic rings. The van der Waals surface area contributed by atoms with Gasteiger partial charge in [0, 0.05) is 10.5 Å². The van der Waals surface area contributed by atoms with Crippen LogP contribution in [0.4, 0.5) is 0 Å². The molecule has 1 nitrogen and oxygen atoms in total. The number of benzene rings is 1. The van der Waals surface area contributed by atoms with Crippen LogP contribution in [0.2, 0.25) is 0 Å². The molecule has 1 saturated carbocycles. The first-order valence-corrected chi connectivity index (χ1v) is 7.01. The summed E-state index contributed by atoms with van der Waals surface area (Å²) in [4.78, 5) is 0. The molecule has 88 valence electrons. The summed E-state index contributed by atoms with van der Waals surface area (Å²) in [7, 11) is 0. The van der Waals surface area contributed by atoms with Gasteiger partial charge in [-0.1, -0.05) is 40.9 Å². The molecule has 0 amide bonds. The van der Waals surface area contributed by atoms with Crippen molar-refractivity contribution in [2.24, 2.45) is 5.92 Å². The molecule has 0 saturated heterocycles. The van der Waals surface area contributed by atoms with E-state index in [2.05, 4.69) is 52.4 Å². The number of hydrogen-bond acceptors (Lipinski definition) is 1. The third kappa shape index (κ3) is 4.26. The van der Waals surface area contributed by atoms with Gasteiger partial charge in [0.05, 0.1) is 0 Å². The van der Waals surface area contributed by atoms with Gasteiger partial charge in [-0.15, -0.1) is 0 Å².